The number of nitrogens with one attached hydrogen (secondary N) is 1. The molecule has 1 N–H and O–H groups in total. The van der Waals surface area contributed by atoms with Crippen molar-refractivity contribution in [1.29, 1.82) is 0 Å². The second kappa shape index (κ2) is 6.59. The first-order chi connectivity index (χ1) is 12.8. The molecule has 1 amide bonds. The second-order valence-electron chi connectivity index (χ2n) is 5.95. The summed E-state index contributed by atoms with van der Waals surface area (Å²) >= 11 is 6.43. The van der Waals surface area contributed by atoms with Crippen molar-refractivity contribution in [3.05, 3.63) is 70.1 Å². The van der Waals surface area contributed by atoms with Crippen molar-refractivity contribution in [1.82, 2.24) is 10.4 Å². The first-order valence-electron chi connectivity index (χ1n) is 7.91. The molecule has 9 heteroatoms. The van der Waals surface area contributed by atoms with Gasteiger partial charge in [-0.15, -0.1) is 4.40 Å². The van der Waals surface area contributed by atoms with Crippen LogP contribution in [0.1, 0.15) is 16.7 Å². The van der Waals surface area contributed by atoms with E-state index in [1.807, 2.05) is 31.2 Å². The van der Waals surface area contributed by atoms with E-state index in [4.69, 9.17) is 12.2 Å². The van der Waals surface area contributed by atoms with Crippen molar-refractivity contribution in [3.63, 3.8) is 0 Å². The Balaban J connectivity index is 1.62. The van der Waals surface area contributed by atoms with Crippen LogP contribution < -0.4 is 5.43 Å². The topological polar surface area (TPSA) is 78.8 Å². The van der Waals surface area contributed by atoms with Crippen LogP contribution in [0.25, 0.3) is 6.08 Å². The molecule has 0 radical (unpaired) electrons. The number of carbonyl (C=O) groups excluding carboxylic acids is 1. The van der Waals surface area contributed by atoms with Crippen LogP contribution in [0.3, 0.4) is 0 Å². The molecule has 0 unspecified atom stereocenters. The zero-order valence-corrected chi connectivity index (χ0v) is 16.5. The molecule has 0 bridgehead atoms. The lowest BCUT2D eigenvalue weighted by Gasteiger charge is -2.16. The number of amides is 1. The zero-order valence-electron chi connectivity index (χ0n) is 14.0. The highest BCUT2D eigenvalue weighted by molar-refractivity contribution is 8.26. The number of benzene rings is 2. The maximum absolute atomic E-state index is 12.7. The molecule has 1 fully saturated rings. The lowest BCUT2D eigenvalue weighted by atomic mass is 10.1. The third-order valence-corrected chi connectivity index (χ3v) is 6.65. The summed E-state index contributed by atoms with van der Waals surface area (Å²) in [5.41, 5.74) is 5.18. The molecular formula is C18H13N3O3S3. The summed E-state index contributed by atoms with van der Waals surface area (Å²) in [7, 11) is -3.77. The predicted molar refractivity (Wildman–Crippen MR) is 109 cm³/mol. The fourth-order valence-corrected chi connectivity index (χ4v) is 5.02. The normalized spacial score (nSPS) is 19.4. The molecule has 1 saturated heterocycles. The zero-order chi connectivity index (χ0) is 19.2. The fraction of sp³-hybridized carbons (Fsp3) is 0.0556. The minimum Gasteiger partial charge on any atom is -0.272 e. The summed E-state index contributed by atoms with van der Waals surface area (Å²) < 4.78 is 28.3. The van der Waals surface area contributed by atoms with E-state index in [9.17, 15) is 13.2 Å². The lowest BCUT2D eigenvalue weighted by molar-refractivity contribution is -0.123. The van der Waals surface area contributed by atoms with Gasteiger partial charge in [0.2, 0.25) is 0 Å². The Morgan fingerprint density at radius 3 is 2.59 bits per heavy atom. The number of aryl methyl sites for hydroxylation is 1. The minimum atomic E-state index is -3.77. The molecule has 6 nitrogen and oxygen atoms in total. The number of nitrogens with zero attached hydrogens (tertiary/aromatic N) is 2. The number of amidine groups is 1. The van der Waals surface area contributed by atoms with Gasteiger partial charge in [0.1, 0.15) is 4.90 Å². The van der Waals surface area contributed by atoms with Crippen LogP contribution in [0.5, 0.6) is 0 Å². The summed E-state index contributed by atoms with van der Waals surface area (Å²) in [6.07, 6.45) is 1.75. The molecule has 2 aliphatic heterocycles. The highest BCUT2D eigenvalue weighted by Crippen LogP contribution is 2.32. The van der Waals surface area contributed by atoms with Crippen molar-refractivity contribution in [2.24, 2.45) is 4.40 Å². The van der Waals surface area contributed by atoms with E-state index in [2.05, 4.69) is 9.82 Å². The molecule has 0 aliphatic carbocycles. The number of thioether (sulfide) groups is 1. The van der Waals surface area contributed by atoms with Gasteiger partial charge in [0.15, 0.2) is 10.2 Å². The summed E-state index contributed by atoms with van der Waals surface area (Å²) in [5, 5.41) is 1.15. The molecule has 2 aromatic carbocycles. The summed E-state index contributed by atoms with van der Waals surface area (Å²) in [6.45, 7) is 1.99. The first-order valence-corrected chi connectivity index (χ1v) is 10.6. The van der Waals surface area contributed by atoms with Gasteiger partial charge < -0.3 is 0 Å². The van der Waals surface area contributed by atoms with Crippen LogP contribution in [0, 0.1) is 6.92 Å². The highest BCUT2D eigenvalue weighted by atomic mass is 32.2. The quantitative estimate of drug-likeness (QED) is 0.600. The molecular weight excluding hydrogens is 402 g/mol. The Morgan fingerprint density at radius 2 is 1.85 bits per heavy atom. The average molecular weight is 416 g/mol. The van der Waals surface area contributed by atoms with Crippen molar-refractivity contribution in [2.75, 3.05) is 0 Å². The molecule has 0 spiro atoms. The maximum Gasteiger partial charge on any atom is 0.285 e. The van der Waals surface area contributed by atoms with Crippen molar-refractivity contribution >= 4 is 56.1 Å². The van der Waals surface area contributed by atoms with E-state index in [1.54, 1.807) is 24.3 Å². The van der Waals surface area contributed by atoms with E-state index in [0.717, 1.165) is 27.9 Å². The molecule has 2 aliphatic rings. The Labute approximate surface area is 166 Å². The number of thiocarbonyl (C=S) groups is 1. The first kappa shape index (κ1) is 17.9. The predicted octanol–water partition coefficient (Wildman–Crippen LogP) is 2.85. The third-order valence-electron chi connectivity index (χ3n) is 4.02. The number of sulfonamides is 1. The number of fused-ring (bicyclic) bond motifs is 1. The van der Waals surface area contributed by atoms with Crippen LogP contribution in [0.4, 0.5) is 0 Å². The van der Waals surface area contributed by atoms with Crippen LogP contribution >= 0.6 is 24.0 Å². The van der Waals surface area contributed by atoms with Gasteiger partial charge in [0, 0.05) is 5.56 Å². The molecule has 2 heterocycles. The molecule has 0 saturated carbocycles. The number of hydrogen-bond donors (Lipinski definition) is 1. The minimum absolute atomic E-state index is 0.0819. The van der Waals surface area contributed by atoms with Gasteiger partial charge in [-0.3, -0.25) is 10.2 Å². The molecule has 2 aromatic rings. The third kappa shape index (κ3) is 3.29. The van der Waals surface area contributed by atoms with Crippen molar-refractivity contribution in [3.8, 4) is 0 Å². The Bertz CT molecular complexity index is 1140. The summed E-state index contributed by atoms with van der Waals surface area (Å²) in [5.74, 6) is -0.270. The smallest absolute Gasteiger partial charge is 0.272 e. The van der Waals surface area contributed by atoms with Crippen molar-refractivity contribution in [2.45, 2.75) is 11.8 Å². The number of hydrogen-bond acceptors (Lipinski definition) is 6. The molecule has 0 atom stereocenters. The van der Waals surface area contributed by atoms with Gasteiger partial charge in [-0.2, -0.15) is 13.4 Å². The Hall–Kier alpha value is -2.49. The van der Waals surface area contributed by atoms with E-state index < -0.39 is 10.0 Å². The number of hydrazine groups is 1. The average Bonchev–Trinajstić information content (AvgIpc) is 3.05. The van der Waals surface area contributed by atoms with Crippen LogP contribution in [-0.2, 0) is 14.8 Å². The van der Waals surface area contributed by atoms with E-state index in [1.165, 1.54) is 6.07 Å². The van der Waals surface area contributed by atoms with Crippen LogP contribution in [0.15, 0.2) is 62.7 Å². The van der Waals surface area contributed by atoms with Gasteiger partial charge >= 0.3 is 0 Å². The largest absolute Gasteiger partial charge is 0.285 e. The summed E-state index contributed by atoms with van der Waals surface area (Å²) in [4.78, 5) is 13.3. The van der Waals surface area contributed by atoms with Gasteiger partial charge in [-0.05, 0) is 42.9 Å². The van der Waals surface area contributed by atoms with Gasteiger partial charge in [-0.25, -0.2) is 0 Å². The van der Waals surface area contributed by atoms with Gasteiger partial charge in [-0.1, -0.05) is 53.7 Å². The van der Waals surface area contributed by atoms with E-state index >= 15 is 0 Å². The standard InChI is InChI=1S/C18H13N3O3S3/c1-11-6-8-12(9-7-11)10-14-17(22)21(18(25)26-14)19-16-13-4-2-3-5-15(13)27(23,24)20-16/h2-10H,1H3,(H,19,20). The monoisotopic (exact) mass is 415 g/mol. The molecule has 0 aromatic heterocycles. The Kier molecular flexibility index (Phi) is 4.37. The molecule has 27 heavy (non-hydrogen) atoms. The maximum atomic E-state index is 12.7. The van der Waals surface area contributed by atoms with Crippen LogP contribution in [0.2, 0.25) is 0 Å². The second-order valence-corrected chi connectivity index (χ2v) is 9.20. The summed E-state index contributed by atoms with van der Waals surface area (Å²) in [6, 6.07) is 14.2. The molecule has 136 valence electrons. The van der Waals surface area contributed by atoms with E-state index in [0.29, 0.717) is 10.5 Å². The SMILES string of the molecule is Cc1ccc(C=C2SC(=S)N(NC3=NS(=O)(=O)c4ccccc43)C2=O)cc1. The number of carbonyl (C=O) groups is 1. The lowest BCUT2D eigenvalue weighted by Crippen LogP contribution is -2.44. The van der Waals surface area contributed by atoms with Gasteiger partial charge in [0.05, 0.1) is 4.91 Å². The van der Waals surface area contributed by atoms with Crippen LogP contribution in [-0.4, -0.2) is 29.5 Å². The highest BCUT2D eigenvalue weighted by Gasteiger charge is 2.36. The van der Waals surface area contributed by atoms with E-state index in [-0.39, 0.29) is 21.0 Å². The van der Waals surface area contributed by atoms with Crippen molar-refractivity contribution < 1.29 is 13.2 Å². The fourth-order valence-electron chi connectivity index (χ4n) is 2.67. The molecule has 4 rings (SSSR count). The van der Waals surface area contributed by atoms with Gasteiger partial charge in [0.25, 0.3) is 15.9 Å². The number of rotatable bonds is 2. The Morgan fingerprint density at radius 1 is 1.15 bits per heavy atom.